The Morgan fingerprint density at radius 2 is 0.500 bits per heavy atom. The van der Waals surface area contributed by atoms with E-state index in [4.69, 9.17) is 0 Å². The molecular weight excluding hydrogens is 1000 g/mol. The first-order valence-corrected chi connectivity index (χ1v) is 35.7. The maximum atomic E-state index is 2.67. The molecule has 16 nitrogen and oxygen atoms in total. The Bertz CT molecular complexity index is 1340. The molecule has 0 unspecified atom stereocenters. The molecule has 0 bridgehead atoms. The molecule has 0 aromatic carbocycles. The molecule has 0 fully saturated rings. The van der Waals surface area contributed by atoms with Crippen molar-refractivity contribution in [2.75, 3.05) is 206 Å². The molecule has 20 heteroatoms. The highest BCUT2D eigenvalue weighted by Crippen LogP contribution is 2.26. The van der Waals surface area contributed by atoms with Gasteiger partial charge in [0.15, 0.2) is 0 Å². The average Bonchev–Trinajstić information content (AvgIpc) is 3.30. The van der Waals surface area contributed by atoms with E-state index in [0.717, 1.165) is 65.4 Å². The SMILES string of the molecule is CC(C)[N](C)[Al]([N](C)CCN(C)C)[N](C)C(C)C.CCC(C)(C)[N](C)[Al]([N](C)CCN(C)C)[N](C)C(C)(C)CC.CC[N](C)[Al]([N](C)CC)[N](C)CCN(C)C.CN(C)CC[N](C)[Al]([N](C)C(C)(C)C)[N](C)C(C)(C)C.[HH]. The Hall–Kier alpha value is 1.49. The standard InChI is InChI=1S/2C6H14N.4C5H13N2.2C5H12N.2C4H10N.2C3H8N.4Al.H2/c2*1-5-6(2,3)7-4;4*1-6-4-5-7(2)3;2*1-5(2,3)6-4;2*1-4(2)5-3;2*1-3-4-2;;;;;/h2*5H2,1-4H3;4*4-5H2,1-3H3;2*1-4H3;2*4H,1-3H3;2*3H2,1-2H3;;;;;1H/q12*-1;4*+3;. The molecule has 0 amide bonds. The van der Waals surface area contributed by atoms with E-state index >= 15 is 0 Å². The first kappa shape index (κ1) is 83.9. The molecule has 0 spiro atoms. The van der Waals surface area contributed by atoms with Crippen LogP contribution in [0.2, 0.25) is 0 Å². The van der Waals surface area contributed by atoms with E-state index < -0.39 is 59.2 Å². The Morgan fingerprint density at radius 1 is 0.289 bits per heavy atom. The van der Waals surface area contributed by atoms with Crippen LogP contribution in [-0.4, -0.2) is 366 Å². The summed E-state index contributed by atoms with van der Waals surface area (Å²) < 4.78 is 31.0. The Morgan fingerprint density at radius 3 is 0.684 bits per heavy atom. The highest BCUT2D eigenvalue weighted by molar-refractivity contribution is 6.51. The van der Waals surface area contributed by atoms with Gasteiger partial charge in [-0.25, -0.2) is 0 Å². The van der Waals surface area contributed by atoms with Crippen LogP contribution in [-0.2, 0) is 0 Å². The zero-order valence-electron chi connectivity index (χ0n) is 59.1. The predicted octanol–water partition coefficient (Wildman–Crippen LogP) is 6.39. The highest BCUT2D eigenvalue weighted by Gasteiger charge is 2.47. The van der Waals surface area contributed by atoms with Gasteiger partial charge in [0.1, 0.15) is 0 Å². The number of rotatable bonds is 32. The highest BCUT2D eigenvalue weighted by atomic mass is 27.2. The number of nitrogens with zero attached hydrogens (tertiary/aromatic N) is 16. The molecule has 0 saturated heterocycles. The fourth-order valence-electron chi connectivity index (χ4n) is 8.19. The van der Waals surface area contributed by atoms with Crippen LogP contribution in [0, 0.1) is 0 Å². The van der Waals surface area contributed by atoms with Crippen LogP contribution in [0.3, 0.4) is 0 Å². The van der Waals surface area contributed by atoms with E-state index in [1.54, 1.807) is 0 Å². The van der Waals surface area contributed by atoms with Crippen LogP contribution in [0.15, 0.2) is 0 Å². The summed E-state index contributed by atoms with van der Waals surface area (Å²) >= 11 is -5.06. The topological polar surface area (TPSA) is 51.8 Å². The van der Waals surface area contributed by atoms with Crippen LogP contribution >= 0.6 is 0 Å². The van der Waals surface area contributed by atoms with Crippen molar-refractivity contribution in [1.29, 1.82) is 0 Å². The summed E-state index contributed by atoms with van der Waals surface area (Å²) in [4.78, 5) is 9.04. The fourth-order valence-corrected chi connectivity index (χ4v) is 21.5. The maximum Gasteiger partial charge on any atom is 0.609 e. The van der Waals surface area contributed by atoms with Crippen LogP contribution in [0.1, 0.15) is 139 Å². The Kier molecular flexibility index (Phi) is 45.0. The number of hydrogen-bond donors (Lipinski definition) is 0. The van der Waals surface area contributed by atoms with Crippen molar-refractivity contribution in [2.45, 2.75) is 172 Å². The minimum Gasteiger partial charge on any atom is -0.360 e. The molecular formula is C56H142Al4N16. The molecule has 76 heavy (non-hydrogen) atoms. The quantitative estimate of drug-likeness (QED) is 0.0700. The second-order valence-corrected chi connectivity index (χ2v) is 40.1. The van der Waals surface area contributed by atoms with E-state index in [1.165, 1.54) is 12.8 Å². The van der Waals surface area contributed by atoms with Crippen molar-refractivity contribution >= 4 is 59.2 Å². The van der Waals surface area contributed by atoms with Crippen molar-refractivity contribution in [3.63, 3.8) is 0 Å². The molecule has 458 valence electrons. The van der Waals surface area contributed by atoms with Crippen molar-refractivity contribution in [2.24, 2.45) is 0 Å². The summed E-state index contributed by atoms with van der Waals surface area (Å²) in [6.07, 6.45) is 2.35. The van der Waals surface area contributed by atoms with Crippen molar-refractivity contribution in [3.05, 3.63) is 0 Å². The summed E-state index contributed by atoms with van der Waals surface area (Å²) in [5, 5.41) is 0. The predicted molar refractivity (Wildman–Crippen MR) is 352 cm³/mol. The molecule has 0 aliphatic carbocycles. The first-order valence-electron chi connectivity index (χ1n) is 29.5. The lowest BCUT2D eigenvalue weighted by molar-refractivity contribution is 0.159. The van der Waals surface area contributed by atoms with Gasteiger partial charge in [-0.05, 0) is 297 Å². The summed E-state index contributed by atoms with van der Waals surface area (Å²) in [5.41, 5.74) is 0.869. The number of hydrogen-bond acceptors (Lipinski definition) is 16. The fraction of sp³-hybridized carbons (Fsp3) is 1.00. The average molecular weight is 1150 g/mol. The van der Waals surface area contributed by atoms with E-state index in [-0.39, 0.29) is 23.6 Å². The molecule has 0 aliphatic rings. The van der Waals surface area contributed by atoms with Crippen LogP contribution < -0.4 is 0 Å². The molecule has 0 heterocycles. The minimum absolute atomic E-state index is 0. The Balaban J connectivity index is -0.000000300. The summed E-state index contributed by atoms with van der Waals surface area (Å²) in [6.45, 7) is 52.8. The van der Waals surface area contributed by atoms with Crippen molar-refractivity contribution in [1.82, 2.24) is 66.2 Å². The lowest BCUT2D eigenvalue weighted by atomic mass is 10.0. The molecule has 0 aliphatic heterocycles. The van der Waals surface area contributed by atoms with Gasteiger partial charge in [0, 0.05) is 27.6 Å². The van der Waals surface area contributed by atoms with E-state index in [9.17, 15) is 0 Å². The second-order valence-electron chi connectivity index (χ2n) is 27.3. The van der Waals surface area contributed by atoms with Gasteiger partial charge < -0.3 is 66.2 Å². The third-order valence-electron chi connectivity index (χ3n) is 16.5. The normalized spacial score (nSPS) is 13.3. The Labute approximate surface area is 501 Å². The summed E-state index contributed by atoms with van der Waals surface area (Å²) in [5.74, 6) is 0. The molecule has 0 saturated carbocycles. The lowest BCUT2D eigenvalue weighted by Gasteiger charge is -2.49. The van der Waals surface area contributed by atoms with Gasteiger partial charge in [-0.3, -0.25) is 0 Å². The second kappa shape index (κ2) is 40.7. The molecule has 0 atom stereocenters. The van der Waals surface area contributed by atoms with Gasteiger partial charge in [-0.1, -0.05) is 55.4 Å². The van der Waals surface area contributed by atoms with Crippen LogP contribution in [0.25, 0.3) is 0 Å². The third-order valence-corrected chi connectivity index (χ3v) is 31.3. The van der Waals surface area contributed by atoms with Gasteiger partial charge in [0.25, 0.3) is 0 Å². The molecule has 0 aromatic rings. The smallest absolute Gasteiger partial charge is 0.360 e. The van der Waals surface area contributed by atoms with Gasteiger partial charge in [-0.15, -0.1) is 0 Å². The van der Waals surface area contributed by atoms with Crippen molar-refractivity contribution in [3.8, 4) is 0 Å². The van der Waals surface area contributed by atoms with E-state index in [0.29, 0.717) is 12.1 Å². The lowest BCUT2D eigenvalue weighted by Crippen LogP contribution is -2.69. The van der Waals surface area contributed by atoms with Gasteiger partial charge in [0.2, 0.25) is 0 Å². The van der Waals surface area contributed by atoms with Gasteiger partial charge in [-0.2, -0.15) is 0 Å². The van der Waals surface area contributed by atoms with Crippen LogP contribution in [0.5, 0.6) is 0 Å². The molecule has 0 rings (SSSR count). The van der Waals surface area contributed by atoms with Crippen molar-refractivity contribution < 1.29 is 1.43 Å². The minimum atomic E-state index is -1.39. The van der Waals surface area contributed by atoms with Gasteiger partial charge in [0.05, 0.1) is 0 Å². The maximum absolute atomic E-state index is 2.67. The van der Waals surface area contributed by atoms with E-state index in [2.05, 4.69) is 332 Å². The number of likely N-dealkylation sites (N-methyl/N-ethyl adjacent to an activating group) is 8. The zero-order valence-corrected chi connectivity index (χ0v) is 63.7. The summed E-state index contributed by atoms with van der Waals surface area (Å²) in [6, 6.07) is 1.20. The van der Waals surface area contributed by atoms with Gasteiger partial charge >= 0.3 is 59.2 Å². The molecule has 0 aromatic heterocycles. The zero-order chi connectivity index (χ0) is 61.2. The largest absolute Gasteiger partial charge is 0.609 e. The first-order chi connectivity index (χ1) is 34.3. The van der Waals surface area contributed by atoms with E-state index in [1.807, 2.05) is 0 Å². The molecule has 0 N–H and O–H groups in total. The van der Waals surface area contributed by atoms with Crippen LogP contribution in [0.4, 0.5) is 0 Å². The monoisotopic (exact) mass is 1150 g/mol. The molecule has 0 radical (unpaired) electrons. The summed E-state index contributed by atoms with van der Waals surface area (Å²) in [7, 11) is 44.5. The third kappa shape index (κ3) is 33.7.